The van der Waals surface area contributed by atoms with Crippen LogP contribution >= 0.6 is 0 Å². The molecule has 0 radical (unpaired) electrons. The second kappa shape index (κ2) is 33.2. The van der Waals surface area contributed by atoms with Gasteiger partial charge in [0, 0.05) is 142 Å². The lowest BCUT2D eigenvalue weighted by molar-refractivity contribution is 1.17. The van der Waals surface area contributed by atoms with Gasteiger partial charge in [0.15, 0.2) is 0 Å². The molecule has 30 rings (SSSR count). The van der Waals surface area contributed by atoms with Crippen molar-refractivity contribution in [3.05, 3.63) is 488 Å². The van der Waals surface area contributed by atoms with Gasteiger partial charge in [-0.1, -0.05) is 249 Å². The summed E-state index contributed by atoms with van der Waals surface area (Å²) in [5, 5.41) is 81.1. The van der Waals surface area contributed by atoms with E-state index >= 15 is 0 Å². The van der Waals surface area contributed by atoms with Gasteiger partial charge in [-0.15, -0.1) is 0 Å². The first-order chi connectivity index (χ1) is 72.8. The summed E-state index contributed by atoms with van der Waals surface area (Å²) in [5.74, 6) is 0. The molecular formula is C132H75N15. The summed E-state index contributed by atoms with van der Waals surface area (Å²) in [5.41, 5.74) is 31.3. The van der Waals surface area contributed by atoms with E-state index in [9.17, 15) is 31.6 Å². The highest BCUT2D eigenvalue weighted by atomic mass is 15.1. The van der Waals surface area contributed by atoms with Crippen LogP contribution in [0.4, 0.5) is 0 Å². The summed E-state index contributed by atoms with van der Waals surface area (Å²) in [7, 11) is 0. The van der Waals surface area contributed by atoms with Gasteiger partial charge in [0.1, 0.15) is 12.1 Å². The molecule has 9 aromatic heterocycles. The molecular weight excluding hydrogens is 1800 g/mol. The van der Waals surface area contributed by atoms with Crippen LogP contribution in [0.1, 0.15) is 33.4 Å². The zero-order valence-electron chi connectivity index (χ0n) is 78.5. The van der Waals surface area contributed by atoms with Crippen molar-refractivity contribution in [2.75, 3.05) is 0 Å². The Labute approximate surface area is 839 Å². The maximum absolute atomic E-state index is 10.8. The van der Waals surface area contributed by atoms with Crippen LogP contribution < -0.4 is 0 Å². The molecule has 0 fully saturated rings. The van der Waals surface area contributed by atoms with Crippen LogP contribution in [0.5, 0.6) is 0 Å². The maximum atomic E-state index is 10.8. The molecule has 9 heterocycles. The van der Waals surface area contributed by atoms with Crippen LogP contribution in [0.15, 0.2) is 455 Å². The van der Waals surface area contributed by atoms with Crippen molar-refractivity contribution < 1.29 is 0 Å². The van der Waals surface area contributed by atoms with Gasteiger partial charge >= 0.3 is 0 Å². The van der Waals surface area contributed by atoms with Crippen LogP contribution in [0.25, 0.3) is 247 Å². The normalized spacial score (nSPS) is 11.6. The Bertz CT molecular complexity index is 11100. The number of fused-ring (bicyclic) bond motifs is 33. The van der Waals surface area contributed by atoms with Crippen LogP contribution in [-0.2, 0) is 0 Å². The van der Waals surface area contributed by atoms with Gasteiger partial charge in [0.2, 0.25) is 0 Å². The molecule has 15 nitrogen and oxygen atoms in total. The Morgan fingerprint density at radius 1 is 0.129 bits per heavy atom. The van der Waals surface area contributed by atoms with E-state index in [4.69, 9.17) is 0 Å². The molecule has 0 atom stereocenters. The zero-order chi connectivity index (χ0) is 97.9. The molecule has 30 aromatic rings. The molecule has 0 aliphatic heterocycles. The SMILES string of the molecule is N#Cc1cccc(-n2c3cccc(C#N)c3c3c2ccc2c4ccc5c(c6ccccc6n5-c5ccccc5)c4n(-c4ccccc4)c23)c1.N#Cc1cccc(-n2c3ccccc3c3c2ccc2c4cc(C#N)c5c(c6ccccc6n5-c5ccccc5)c4n(-c4ccccc4)c23)c1.N#Cc1ccccc1-n1c2c(ccc3c2c2ccccc2n3-c2ccccc2)c2ccc3c(c4c(C#N)cccc4n3-c3ccccc3)c21. The molecule has 21 aromatic carbocycles. The average Bonchev–Trinajstić information content (AvgIpc) is 1.53. The van der Waals surface area contributed by atoms with Crippen molar-refractivity contribution in [1.29, 1.82) is 31.6 Å². The minimum Gasteiger partial charge on any atom is -0.309 e. The molecule has 0 saturated carbocycles. The fourth-order valence-electron chi connectivity index (χ4n) is 23.9. The van der Waals surface area contributed by atoms with Crippen molar-refractivity contribution >= 4 is 196 Å². The van der Waals surface area contributed by atoms with E-state index in [-0.39, 0.29) is 0 Å². The molecule has 0 spiro atoms. The van der Waals surface area contributed by atoms with E-state index < -0.39 is 0 Å². The first-order valence-electron chi connectivity index (χ1n) is 48.7. The molecule has 678 valence electrons. The van der Waals surface area contributed by atoms with Crippen molar-refractivity contribution in [3.8, 4) is 87.6 Å². The van der Waals surface area contributed by atoms with Crippen molar-refractivity contribution in [2.24, 2.45) is 0 Å². The van der Waals surface area contributed by atoms with Crippen LogP contribution in [0.3, 0.4) is 0 Å². The number of hydrogen-bond acceptors (Lipinski definition) is 6. The molecule has 0 saturated heterocycles. The third-order valence-electron chi connectivity index (χ3n) is 29.6. The van der Waals surface area contributed by atoms with Gasteiger partial charge in [0.25, 0.3) is 0 Å². The third-order valence-corrected chi connectivity index (χ3v) is 29.6. The van der Waals surface area contributed by atoms with E-state index in [0.29, 0.717) is 33.4 Å². The summed E-state index contributed by atoms with van der Waals surface area (Å²) in [4.78, 5) is 0. The smallest absolute Gasteiger partial charge is 0.101 e. The second-order valence-corrected chi connectivity index (χ2v) is 37.1. The van der Waals surface area contributed by atoms with Crippen molar-refractivity contribution in [1.82, 2.24) is 41.1 Å². The number of nitrogens with zero attached hydrogens (tertiary/aromatic N) is 15. The molecule has 0 aliphatic rings. The standard InChI is InChI=1S/3C44H25N5/c45-26-28-12-11-17-32(24-28)47-37-20-9-7-18-34(37)40-39(47)23-22-33-36-25-29(27-46)42-41(44(36)49(43(33)40)31-15-5-2-6-16-31)35-19-8-10-21-38(35)48(42)30-13-3-1-4-14-30;45-26-28-12-7-9-19-35(28)49-43-32(22-24-38-41(43)34-18-8-10-20-36(34)47(38)30-14-3-1-4-15-30)33-23-25-39-42(44(33)49)40-29(27-46)13-11-21-37(40)48(39)31-16-5-2-6-17-31;45-26-28-11-9-17-32(25-28)48-37-20-10-12-29(27-46)40(37)42-39(48)24-22-34-33-21-23-38-41(43(33)49(44(34)42)31-15-5-2-6-16-31)35-18-7-8-19-36(35)47(38)30-13-3-1-4-14-30/h3*1-25H. The quantitative estimate of drug-likeness (QED) is 0.138. The summed E-state index contributed by atoms with van der Waals surface area (Å²) < 4.78 is 20.7. The van der Waals surface area contributed by atoms with Crippen LogP contribution in [-0.4, -0.2) is 41.1 Å². The first kappa shape index (κ1) is 83.9. The van der Waals surface area contributed by atoms with E-state index in [0.717, 1.165) is 237 Å². The fourth-order valence-corrected chi connectivity index (χ4v) is 23.9. The largest absolute Gasteiger partial charge is 0.309 e. The molecule has 0 N–H and O–H groups in total. The third kappa shape index (κ3) is 12.3. The Kier molecular flexibility index (Phi) is 19.0. The average molecular weight is 1870 g/mol. The zero-order valence-corrected chi connectivity index (χ0v) is 78.5. The highest BCUT2D eigenvalue weighted by Gasteiger charge is 2.33. The number of aromatic nitrogens is 9. The van der Waals surface area contributed by atoms with Gasteiger partial charge in [-0.3, -0.25) is 0 Å². The van der Waals surface area contributed by atoms with Gasteiger partial charge < -0.3 is 41.1 Å². The number of nitriles is 6. The Hall–Kier alpha value is -21.2. The van der Waals surface area contributed by atoms with Gasteiger partial charge in [-0.2, -0.15) is 31.6 Å². The molecule has 0 unspecified atom stereocenters. The fraction of sp³-hybridized carbons (Fsp3) is 0. The second-order valence-electron chi connectivity index (χ2n) is 37.1. The summed E-state index contributed by atoms with van der Waals surface area (Å²) in [6, 6.07) is 171. The Morgan fingerprint density at radius 3 is 0.769 bits per heavy atom. The highest BCUT2D eigenvalue weighted by molar-refractivity contribution is 6.36. The minimum absolute atomic E-state index is 0.578. The molecule has 15 heteroatoms. The maximum Gasteiger partial charge on any atom is 0.101 e. The molecule has 0 bridgehead atoms. The van der Waals surface area contributed by atoms with E-state index in [1.54, 1.807) is 0 Å². The van der Waals surface area contributed by atoms with Crippen LogP contribution in [0, 0.1) is 68.0 Å². The topological polar surface area (TPSA) is 187 Å². The first-order valence-corrected chi connectivity index (χ1v) is 48.7. The summed E-state index contributed by atoms with van der Waals surface area (Å²) in [6.07, 6.45) is 0. The molecule has 0 aliphatic carbocycles. The van der Waals surface area contributed by atoms with Gasteiger partial charge in [-0.05, 0) is 206 Å². The van der Waals surface area contributed by atoms with E-state index in [2.05, 4.69) is 387 Å². The molecule has 0 amide bonds. The van der Waals surface area contributed by atoms with E-state index in [1.165, 1.54) is 10.8 Å². The number of hydrogen-bond donors (Lipinski definition) is 0. The monoisotopic (exact) mass is 1870 g/mol. The summed E-state index contributed by atoms with van der Waals surface area (Å²) >= 11 is 0. The van der Waals surface area contributed by atoms with Crippen molar-refractivity contribution in [2.45, 2.75) is 0 Å². The van der Waals surface area contributed by atoms with E-state index in [1.807, 2.05) is 146 Å². The number of rotatable bonds is 9. The highest BCUT2D eigenvalue weighted by Crippen LogP contribution is 2.53. The van der Waals surface area contributed by atoms with Crippen molar-refractivity contribution in [3.63, 3.8) is 0 Å². The lowest BCUT2D eigenvalue weighted by Crippen LogP contribution is -1.98. The predicted molar refractivity (Wildman–Crippen MR) is 597 cm³/mol. The van der Waals surface area contributed by atoms with Crippen LogP contribution in [0.2, 0.25) is 0 Å². The van der Waals surface area contributed by atoms with Gasteiger partial charge in [-0.25, -0.2) is 0 Å². The van der Waals surface area contributed by atoms with Gasteiger partial charge in [0.05, 0.1) is 163 Å². The number of para-hydroxylation sites is 11. The number of benzene rings is 21. The Balaban J connectivity index is 0.000000107. The Morgan fingerprint density at radius 2 is 0.381 bits per heavy atom. The summed E-state index contributed by atoms with van der Waals surface area (Å²) in [6.45, 7) is 0. The lowest BCUT2D eigenvalue weighted by atomic mass is 10.0. The lowest BCUT2D eigenvalue weighted by Gasteiger charge is -2.12. The minimum atomic E-state index is 0.578. The predicted octanol–water partition coefficient (Wildman–Crippen LogP) is 32.2. The molecule has 147 heavy (non-hydrogen) atoms.